The maximum absolute atomic E-state index is 14.4. The van der Waals surface area contributed by atoms with E-state index in [2.05, 4.69) is 9.97 Å². The van der Waals surface area contributed by atoms with Crippen molar-refractivity contribution in [3.8, 4) is 17.1 Å². The molecule has 0 radical (unpaired) electrons. The van der Waals surface area contributed by atoms with E-state index in [9.17, 15) is 4.39 Å². The van der Waals surface area contributed by atoms with E-state index < -0.39 is 5.82 Å². The van der Waals surface area contributed by atoms with Crippen LogP contribution in [0.4, 0.5) is 10.2 Å². The molecule has 3 rings (SSSR count). The van der Waals surface area contributed by atoms with Gasteiger partial charge in [0.15, 0.2) is 28.8 Å². The van der Waals surface area contributed by atoms with Gasteiger partial charge in [-0.15, -0.1) is 0 Å². The third kappa shape index (κ3) is 1.77. The number of methoxy groups -OCH3 is 1. The Morgan fingerprint density at radius 3 is 2.75 bits per heavy atom. The molecule has 0 unspecified atom stereocenters. The molecule has 0 fully saturated rings. The molecule has 0 bridgehead atoms. The first-order valence-corrected chi connectivity index (χ1v) is 5.96. The summed E-state index contributed by atoms with van der Waals surface area (Å²) >= 11 is 0. The molecule has 0 spiro atoms. The Hall–Kier alpha value is -2.63. The second-order valence-corrected chi connectivity index (χ2v) is 4.32. The number of halogens is 1. The number of aromatic nitrogens is 2. The van der Waals surface area contributed by atoms with Gasteiger partial charge in [-0.05, 0) is 19.1 Å². The molecule has 2 aromatic heterocycles. The van der Waals surface area contributed by atoms with Crippen LogP contribution in [-0.4, -0.2) is 17.1 Å². The zero-order valence-electron chi connectivity index (χ0n) is 11.0. The summed E-state index contributed by atoms with van der Waals surface area (Å²) in [5.74, 6) is 0.273. The average Bonchev–Trinajstić information content (AvgIpc) is 2.88. The fraction of sp³-hybridized carbons (Fsp3) is 0.143. The van der Waals surface area contributed by atoms with Crippen molar-refractivity contribution in [1.29, 1.82) is 0 Å². The molecule has 2 heterocycles. The second kappa shape index (κ2) is 4.48. The third-order valence-electron chi connectivity index (χ3n) is 3.07. The van der Waals surface area contributed by atoms with E-state index in [0.717, 1.165) is 0 Å². The lowest BCUT2D eigenvalue weighted by Gasteiger charge is -2.09. The molecule has 0 amide bonds. The lowest BCUT2D eigenvalue weighted by molar-refractivity contribution is 0.410. The fourth-order valence-corrected chi connectivity index (χ4v) is 2.13. The van der Waals surface area contributed by atoms with Crippen LogP contribution in [0.1, 0.15) is 5.69 Å². The fourth-order valence-electron chi connectivity index (χ4n) is 2.13. The molecule has 0 aliphatic rings. The Morgan fingerprint density at radius 1 is 1.25 bits per heavy atom. The maximum atomic E-state index is 14.4. The van der Waals surface area contributed by atoms with E-state index in [1.807, 2.05) is 0 Å². The number of hydrogen-bond donors (Lipinski definition) is 1. The normalized spacial score (nSPS) is 10.9. The van der Waals surface area contributed by atoms with Gasteiger partial charge in [-0.2, -0.15) is 0 Å². The molecule has 3 aromatic rings. The highest BCUT2D eigenvalue weighted by Gasteiger charge is 2.17. The van der Waals surface area contributed by atoms with Gasteiger partial charge in [0.1, 0.15) is 0 Å². The first-order valence-electron chi connectivity index (χ1n) is 5.96. The van der Waals surface area contributed by atoms with E-state index in [1.54, 1.807) is 25.1 Å². The van der Waals surface area contributed by atoms with E-state index in [4.69, 9.17) is 14.9 Å². The number of anilines is 1. The number of nitrogens with two attached hydrogens (primary N) is 1. The molecular weight excluding hydrogens is 261 g/mol. The predicted octanol–water partition coefficient (Wildman–Crippen LogP) is 2.93. The van der Waals surface area contributed by atoms with Gasteiger partial charge in [-0.1, -0.05) is 6.07 Å². The van der Waals surface area contributed by atoms with Crippen molar-refractivity contribution in [1.82, 2.24) is 9.97 Å². The number of nitrogens with zero attached hydrogens (tertiary/aromatic N) is 2. The zero-order valence-corrected chi connectivity index (χ0v) is 11.0. The molecular formula is C14H12FN3O2. The summed E-state index contributed by atoms with van der Waals surface area (Å²) in [6.07, 6.45) is 1.44. The SMILES string of the molecule is COc1c(C)nc(-c2ccc3ccoc3c2F)nc1N. The zero-order chi connectivity index (χ0) is 14.3. The number of hydrogen-bond acceptors (Lipinski definition) is 5. The highest BCUT2D eigenvalue weighted by atomic mass is 19.1. The van der Waals surface area contributed by atoms with Crippen LogP contribution in [0.15, 0.2) is 28.9 Å². The number of rotatable bonds is 2. The Labute approximate surface area is 114 Å². The molecule has 0 aliphatic heterocycles. The molecule has 0 saturated carbocycles. The Balaban J connectivity index is 2.23. The van der Waals surface area contributed by atoms with Crippen molar-refractivity contribution in [2.24, 2.45) is 0 Å². The van der Waals surface area contributed by atoms with Crippen LogP contribution in [0.2, 0.25) is 0 Å². The van der Waals surface area contributed by atoms with E-state index >= 15 is 0 Å². The summed E-state index contributed by atoms with van der Waals surface area (Å²) in [6, 6.07) is 5.04. The molecule has 1 aromatic carbocycles. The quantitative estimate of drug-likeness (QED) is 0.777. The van der Waals surface area contributed by atoms with Gasteiger partial charge in [-0.3, -0.25) is 0 Å². The third-order valence-corrected chi connectivity index (χ3v) is 3.07. The minimum absolute atomic E-state index is 0.175. The van der Waals surface area contributed by atoms with Gasteiger partial charge >= 0.3 is 0 Å². The first kappa shape index (κ1) is 12.4. The van der Waals surface area contributed by atoms with Crippen LogP contribution in [0.5, 0.6) is 5.75 Å². The monoisotopic (exact) mass is 273 g/mol. The van der Waals surface area contributed by atoms with Crippen molar-refractivity contribution in [3.05, 3.63) is 36.0 Å². The highest BCUT2D eigenvalue weighted by Crippen LogP contribution is 2.30. The second-order valence-electron chi connectivity index (χ2n) is 4.32. The van der Waals surface area contributed by atoms with E-state index in [-0.39, 0.29) is 22.8 Å². The summed E-state index contributed by atoms with van der Waals surface area (Å²) in [7, 11) is 1.48. The molecule has 0 saturated heterocycles. The number of fused-ring (bicyclic) bond motifs is 1. The van der Waals surface area contributed by atoms with Gasteiger partial charge in [0.05, 0.1) is 24.6 Å². The van der Waals surface area contributed by atoms with Gasteiger partial charge in [0.25, 0.3) is 0 Å². The highest BCUT2D eigenvalue weighted by molar-refractivity contribution is 5.83. The lowest BCUT2D eigenvalue weighted by atomic mass is 10.1. The van der Waals surface area contributed by atoms with Gasteiger partial charge in [0, 0.05) is 5.39 Å². The number of benzene rings is 1. The van der Waals surface area contributed by atoms with Crippen LogP contribution >= 0.6 is 0 Å². The van der Waals surface area contributed by atoms with Gasteiger partial charge in [0.2, 0.25) is 0 Å². The van der Waals surface area contributed by atoms with Crippen LogP contribution in [0.25, 0.3) is 22.4 Å². The minimum Gasteiger partial charge on any atom is -0.491 e. The Bertz CT molecular complexity index is 775. The van der Waals surface area contributed by atoms with Crippen molar-refractivity contribution < 1.29 is 13.5 Å². The Kier molecular flexibility index (Phi) is 2.78. The van der Waals surface area contributed by atoms with Crippen molar-refractivity contribution >= 4 is 16.8 Å². The molecule has 5 nitrogen and oxygen atoms in total. The number of ether oxygens (including phenoxy) is 1. The van der Waals surface area contributed by atoms with Crippen LogP contribution < -0.4 is 10.5 Å². The summed E-state index contributed by atoms with van der Waals surface area (Å²) in [5.41, 5.74) is 6.76. The maximum Gasteiger partial charge on any atom is 0.182 e. The lowest BCUT2D eigenvalue weighted by Crippen LogP contribution is -2.03. The molecule has 0 atom stereocenters. The topological polar surface area (TPSA) is 74.2 Å². The molecule has 102 valence electrons. The summed E-state index contributed by atoms with van der Waals surface area (Å²) in [4.78, 5) is 8.32. The van der Waals surface area contributed by atoms with Crippen molar-refractivity contribution in [3.63, 3.8) is 0 Å². The standard InChI is InChI=1S/C14H12FN3O2/c1-7-11(19-2)13(16)18-14(17-7)9-4-3-8-5-6-20-12(8)10(9)15/h3-6H,1-2H3,(H2,16,17,18). The van der Waals surface area contributed by atoms with Crippen molar-refractivity contribution in [2.75, 3.05) is 12.8 Å². The first-order chi connectivity index (χ1) is 9.61. The van der Waals surface area contributed by atoms with E-state index in [0.29, 0.717) is 16.8 Å². The number of nitrogen functional groups attached to an aromatic ring is 1. The van der Waals surface area contributed by atoms with E-state index in [1.165, 1.54) is 13.4 Å². The number of furan rings is 1. The van der Waals surface area contributed by atoms with Crippen molar-refractivity contribution in [2.45, 2.75) is 6.92 Å². The molecule has 2 N–H and O–H groups in total. The molecule has 6 heteroatoms. The molecule has 20 heavy (non-hydrogen) atoms. The van der Waals surface area contributed by atoms with Crippen LogP contribution in [-0.2, 0) is 0 Å². The Morgan fingerprint density at radius 2 is 2.05 bits per heavy atom. The average molecular weight is 273 g/mol. The summed E-state index contributed by atoms with van der Waals surface area (Å²) < 4.78 is 24.6. The van der Waals surface area contributed by atoms with Gasteiger partial charge in [-0.25, -0.2) is 14.4 Å². The predicted molar refractivity (Wildman–Crippen MR) is 72.9 cm³/mol. The smallest absolute Gasteiger partial charge is 0.182 e. The van der Waals surface area contributed by atoms with Crippen LogP contribution in [0, 0.1) is 12.7 Å². The summed E-state index contributed by atoms with van der Waals surface area (Å²) in [5, 5.41) is 0.685. The number of aryl methyl sites for hydroxylation is 1. The van der Waals surface area contributed by atoms with Crippen LogP contribution in [0.3, 0.4) is 0 Å². The minimum atomic E-state index is -0.503. The summed E-state index contributed by atoms with van der Waals surface area (Å²) in [6.45, 7) is 1.73. The van der Waals surface area contributed by atoms with Gasteiger partial charge < -0.3 is 14.9 Å². The molecule has 0 aliphatic carbocycles. The largest absolute Gasteiger partial charge is 0.491 e.